The number of amides is 3. The summed E-state index contributed by atoms with van der Waals surface area (Å²) in [5.41, 5.74) is 0.0548. The first-order chi connectivity index (χ1) is 14.5. The SMILES string of the molecule is CCCNC(=O)[C@H](NC(=O)c1cccs1)C1CCN(C(=O)c2ccccc2F)CC1. The Bertz CT molecular complexity index is 880. The summed E-state index contributed by atoms with van der Waals surface area (Å²) in [6.45, 7) is 3.32. The zero-order valence-electron chi connectivity index (χ0n) is 16.9. The minimum atomic E-state index is -0.670. The number of halogens is 1. The Labute approximate surface area is 179 Å². The minimum Gasteiger partial charge on any atom is -0.354 e. The maximum Gasteiger partial charge on any atom is 0.262 e. The highest BCUT2D eigenvalue weighted by Gasteiger charge is 2.34. The number of hydrogen-bond acceptors (Lipinski definition) is 4. The number of piperidine rings is 1. The molecular formula is C22H26FN3O3S. The van der Waals surface area contributed by atoms with E-state index in [-0.39, 0.29) is 29.2 Å². The molecule has 1 fully saturated rings. The largest absolute Gasteiger partial charge is 0.354 e. The fraction of sp³-hybridized carbons (Fsp3) is 0.409. The van der Waals surface area contributed by atoms with Gasteiger partial charge in [0.15, 0.2) is 0 Å². The first-order valence-electron chi connectivity index (χ1n) is 10.2. The number of benzene rings is 1. The second-order valence-electron chi connectivity index (χ2n) is 7.33. The summed E-state index contributed by atoms with van der Waals surface area (Å²) < 4.78 is 14.0. The van der Waals surface area contributed by atoms with Gasteiger partial charge in [0.1, 0.15) is 11.9 Å². The molecule has 160 valence electrons. The Hall–Kier alpha value is -2.74. The van der Waals surface area contributed by atoms with Crippen molar-refractivity contribution in [3.8, 4) is 0 Å². The Morgan fingerprint density at radius 1 is 1.17 bits per heavy atom. The van der Waals surface area contributed by atoms with Crippen LogP contribution in [0.4, 0.5) is 4.39 Å². The highest BCUT2D eigenvalue weighted by molar-refractivity contribution is 7.12. The van der Waals surface area contributed by atoms with Gasteiger partial charge in [-0.05, 0) is 48.8 Å². The van der Waals surface area contributed by atoms with E-state index in [1.165, 1.54) is 23.5 Å². The first kappa shape index (κ1) is 22.0. The number of rotatable bonds is 7. The minimum absolute atomic E-state index is 0.0548. The molecule has 30 heavy (non-hydrogen) atoms. The monoisotopic (exact) mass is 431 g/mol. The van der Waals surface area contributed by atoms with E-state index in [0.717, 1.165) is 6.42 Å². The van der Waals surface area contributed by atoms with Crippen molar-refractivity contribution in [2.75, 3.05) is 19.6 Å². The van der Waals surface area contributed by atoms with Gasteiger partial charge in [0.2, 0.25) is 5.91 Å². The van der Waals surface area contributed by atoms with Crippen LogP contribution in [0.1, 0.15) is 46.2 Å². The van der Waals surface area contributed by atoms with Crippen LogP contribution in [0.5, 0.6) is 0 Å². The van der Waals surface area contributed by atoms with E-state index in [0.29, 0.717) is 37.4 Å². The zero-order valence-corrected chi connectivity index (χ0v) is 17.7. The summed E-state index contributed by atoms with van der Waals surface area (Å²) in [7, 11) is 0. The first-order valence-corrected chi connectivity index (χ1v) is 11.0. The molecule has 0 aliphatic carbocycles. The zero-order chi connectivity index (χ0) is 21.5. The molecule has 1 atom stereocenters. The second-order valence-corrected chi connectivity index (χ2v) is 8.28. The van der Waals surface area contributed by atoms with Crippen molar-refractivity contribution in [3.05, 3.63) is 58.0 Å². The van der Waals surface area contributed by atoms with Gasteiger partial charge in [0.25, 0.3) is 11.8 Å². The van der Waals surface area contributed by atoms with E-state index >= 15 is 0 Å². The lowest BCUT2D eigenvalue weighted by Crippen LogP contribution is -2.53. The van der Waals surface area contributed by atoms with Crippen LogP contribution in [0, 0.1) is 11.7 Å². The second kappa shape index (κ2) is 10.3. The molecular weight excluding hydrogens is 405 g/mol. The van der Waals surface area contributed by atoms with Crippen LogP contribution < -0.4 is 10.6 Å². The molecule has 1 aromatic heterocycles. The van der Waals surface area contributed by atoms with Gasteiger partial charge in [-0.1, -0.05) is 25.1 Å². The number of likely N-dealkylation sites (tertiary alicyclic amines) is 1. The van der Waals surface area contributed by atoms with Gasteiger partial charge in [-0.25, -0.2) is 4.39 Å². The van der Waals surface area contributed by atoms with Crippen LogP contribution >= 0.6 is 11.3 Å². The molecule has 2 heterocycles. The van der Waals surface area contributed by atoms with Gasteiger partial charge in [0.05, 0.1) is 10.4 Å². The average Bonchev–Trinajstić information content (AvgIpc) is 3.31. The number of nitrogens with one attached hydrogen (secondary N) is 2. The molecule has 1 aromatic carbocycles. The summed E-state index contributed by atoms with van der Waals surface area (Å²) >= 11 is 1.32. The summed E-state index contributed by atoms with van der Waals surface area (Å²) in [5.74, 6) is -1.46. The maximum atomic E-state index is 14.0. The van der Waals surface area contributed by atoms with Gasteiger partial charge in [-0.15, -0.1) is 11.3 Å². The predicted molar refractivity (Wildman–Crippen MR) is 114 cm³/mol. The van der Waals surface area contributed by atoms with Crippen molar-refractivity contribution in [1.29, 1.82) is 0 Å². The molecule has 0 spiro atoms. The lowest BCUT2D eigenvalue weighted by atomic mass is 9.88. The molecule has 1 saturated heterocycles. The third kappa shape index (κ3) is 5.24. The van der Waals surface area contributed by atoms with E-state index in [1.807, 2.05) is 12.3 Å². The number of thiophene rings is 1. The van der Waals surface area contributed by atoms with Crippen LogP contribution in [-0.4, -0.2) is 48.3 Å². The van der Waals surface area contributed by atoms with Crippen molar-refractivity contribution in [1.82, 2.24) is 15.5 Å². The van der Waals surface area contributed by atoms with Gasteiger partial charge < -0.3 is 15.5 Å². The topological polar surface area (TPSA) is 78.5 Å². The van der Waals surface area contributed by atoms with Crippen LogP contribution in [0.2, 0.25) is 0 Å². The fourth-order valence-electron chi connectivity index (χ4n) is 3.62. The molecule has 1 aliphatic heterocycles. The smallest absolute Gasteiger partial charge is 0.262 e. The van der Waals surface area contributed by atoms with Crippen molar-refractivity contribution >= 4 is 29.1 Å². The molecule has 8 heteroatoms. The van der Waals surface area contributed by atoms with E-state index in [2.05, 4.69) is 10.6 Å². The molecule has 0 saturated carbocycles. The molecule has 0 unspecified atom stereocenters. The summed E-state index contributed by atoms with van der Waals surface area (Å²) in [4.78, 5) is 40.1. The van der Waals surface area contributed by atoms with Crippen LogP contribution in [-0.2, 0) is 4.79 Å². The van der Waals surface area contributed by atoms with Gasteiger partial charge >= 0.3 is 0 Å². The normalized spacial score (nSPS) is 15.5. The Balaban J connectivity index is 1.66. The summed E-state index contributed by atoms with van der Waals surface area (Å²) in [6, 6.07) is 8.78. The molecule has 6 nitrogen and oxygen atoms in total. The van der Waals surface area contributed by atoms with Gasteiger partial charge in [0, 0.05) is 19.6 Å². The Morgan fingerprint density at radius 3 is 2.53 bits per heavy atom. The average molecular weight is 432 g/mol. The molecule has 3 amide bonds. The highest BCUT2D eigenvalue weighted by atomic mass is 32.1. The molecule has 0 radical (unpaired) electrons. The maximum absolute atomic E-state index is 14.0. The number of nitrogens with zero attached hydrogens (tertiary/aromatic N) is 1. The van der Waals surface area contributed by atoms with E-state index in [1.54, 1.807) is 29.2 Å². The van der Waals surface area contributed by atoms with E-state index in [4.69, 9.17) is 0 Å². The van der Waals surface area contributed by atoms with E-state index in [9.17, 15) is 18.8 Å². The highest BCUT2D eigenvalue weighted by Crippen LogP contribution is 2.24. The lowest BCUT2D eigenvalue weighted by Gasteiger charge is -2.35. The van der Waals surface area contributed by atoms with Gasteiger partial charge in [-0.3, -0.25) is 14.4 Å². The number of carbonyl (C=O) groups excluding carboxylic acids is 3. The standard InChI is InChI=1S/C22H26FN3O3S/c1-2-11-24-21(28)19(25-20(27)18-8-5-14-30-18)15-9-12-26(13-10-15)22(29)16-6-3-4-7-17(16)23/h3-8,14-15,19H,2,9-13H2,1H3,(H,24,28)(H,25,27)/t19-/m1/s1. The van der Waals surface area contributed by atoms with E-state index < -0.39 is 11.9 Å². The van der Waals surface area contributed by atoms with Crippen molar-refractivity contribution in [2.24, 2.45) is 5.92 Å². The summed E-state index contributed by atoms with van der Waals surface area (Å²) in [6.07, 6.45) is 1.90. The lowest BCUT2D eigenvalue weighted by molar-refractivity contribution is -0.124. The van der Waals surface area contributed by atoms with Crippen molar-refractivity contribution in [2.45, 2.75) is 32.2 Å². The number of hydrogen-bond donors (Lipinski definition) is 2. The quantitative estimate of drug-likeness (QED) is 0.707. The van der Waals surface area contributed by atoms with Crippen LogP contribution in [0.15, 0.2) is 41.8 Å². The molecule has 2 aromatic rings. The third-order valence-corrected chi connectivity index (χ3v) is 6.13. The molecule has 2 N–H and O–H groups in total. The predicted octanol–water partition coefficient (Wildman–Crippen LogP) is 3.06. The van der Waals surface area contributed by atoms with Crippen LogP contribution in [0.3, 0.4) is 0 Å². The third-order valence-electron chi connectivity index (χ3n) is 5.27. The summed E-state index contributed by atoms with van der Waals surface area (Å²) in [5, 5.41) is 7.56. The van der Waals surface area contributed by atoms with Crippen molar-refractivity contribution in [3.63, 3.8) is 0 Å². The van der Waals surface area contributed by atoms with Gasteiger partial charge in [-0.2, -0.15) is 0 Å². The molecule has 0 bridgehead atoms. The fourth-order valence-corrected chi connectivity index (χ4v) is 4.24. The molecule has 1 aliphatic rings. The van der Waals surface area contributed by atoms with Crippen molar-refractivity contribution < 1.29 is 18.8 Å². The Kier molecular flexibility index (Phi) is 7.57. The Morgan fingerprint density at radius 2 is 1.90 bits per heavy atom. The van der Waals surface area contributed by atoms with Crippen LogP contribution in [0.25, 0.3) is 0 Å². The number of carbonyl (C=O) groups is 3. The molecule has 3 rings (SSSR count).